The first-order valence-electron chi connectivity index (χ1n) is 0. The molecule has 0 unspecified atom stereocenters. The van der Waals surface area contributed by atoms with Gasteiger partial charge in [0.1, 0.15) is 0 Å². The van der Waals surface area contributed by atoms with Gasteiger partial charge in [0.15, 0.2) is 0 Å². The van der Waals surface area contributed by atoms with E-state index in [0.717, 1.165) is 0 Å². The molecule has 0 aliphatic carbocycles. The summed E-state index contributed by atoms with van der Waals surface area (Å²) in [5.74, 6) is 0. The summed E-state index contributed by atoms with van der Waals surface area (Å²) in [6, 6.07) is 0. The van der Waals surface area contributed by atoms with Crippen molar-refractivity contribution in [2.45, 2.75) is 0 Å². The van der Waals surface area contributed by atoms with Crippen LogP contribution in [0.25, 0.3) is 0 Å². The first kappa shape index (κ1) is 58.8. The van der Waals surface area contributed by atoms with E-state index in [9.17, 15) is 0 Å². The van der Waals surface area contributed by atoms with Gasteiger partial charge in [0.05, 0.1) is 0 Å². The molecule has 0 aromatic rings. The summed E-state index contributed by atoms with van der Waals surface area (Å²) in [5.41, 5.74) is 0. The van der Waals surface area contributed by atoms with Crippen molar-refractivity contribution in [2.75, 3.05) is 0 Å². The molecule has 0 heterocycles. The summed E-state index contributed by atoms with van der Waals surface area (Å²) in [7, 11) is 0. The van der Waals surface area contributed by atoms with Gasteiger partial charge in [-0.05, 0) is 0 Å². The van der Waals surface area contributed by atoms with Crippen LogP contribution in [-0.2, 0) is 0 Å². The summed E-state index contributed by atoms with van der Waals surface area (Å²) < 4.78 is 0. The van der Waals surface area contributed by atoms with Crippen molar-refractivity contribution in [3.63, 3.8) is 0 Å². The Balaban J connectivity index is 0. The Morgan fingerprint density at radius 2 is 0.111 bits per heavy atom. The topological polar surface area (TPSA) is 0 Å². The smallest absolute Gasteiger partial charge is 0 e. The SMILES string of the molecule is [Tb].[Tb].[Tb].[Tb].[Tb].[Tb].[Tb].[Tb].[Tb]. The van der Waals surface area contributed by atoms with Gasteiger partial charge in [-0.2, -0.15) is 0 Å². The first-order valence-corrected chi connectivity index (χ1v) is 0. The van der Waals surface area contributed by atoms with E-state index in [2.05, 4.69) is 0 Å². The summed E-state index contributed by atoms with van der Waals surface area (Å²) >= 11 is 0. The second-order valence-electron chi connectivity index (χ2n) is 0. The van der Waals surface area contributed by atoms with Crippen molar-refractivity contribution in [1.29, 1.82) is 0 Å². The maximum Gasteiger partial charge on any atom is 0 e. The molecule has 0 saturated carbocycles. The quantitative estimate of drug-likeness (QED) is 0.321. The predicted octanol–water partition coefficient (Wildman–Crippen LogP) is 0. The molecule has 0 aromatic heterocycles. The average Bonchev–Trinajstić information content (AvgIpc) is 0. The molecule has 9 heteroatoms. The molecule has 81 valence electrons. The van der Waals surface area contributed by atoms with Crippen LogP contribution in [0.3, 0.4) is 0 Å². The molecule has 0 fully saturated rings. The molecular weight excluding hydrogens is 1430 g/mol. The minimum atomic E-state index is 0. The van der Waals surface area contributed by atoms with Crippen LogP contribution in [0.5, 0.6) is 0 Å². The number of hydrogen-bond acceptors (Lipinski definition) is 0. The van der Waals surface area contributed by atoms with Crippen LogP contribution >= 0.6 is 0 Å². The molecule has 0 bridgehead atoms. The normalized spacial score (nSPS) is 0. The van der Waals surface area contributed by atoms with Crippen molar-refractivity contribution < 1.29 is 348 Å². The van der Waals surface area contributed by atoms with Gasteiger partial charge in [0, 0.05) is 348 Å². The molecule has 0 aliphatic rings. The van der Waals surface area contributed by atoms with Crippen LogP contribution in [-0.4, -0.2) is 0 Å². The van der Waals surface area contributed by atoms with E-state index < -0.39 is 0 Å². The standard InChI is InChI=1S/9Tb. The van der Waals surface area contributed by atoms with Crippen molar-refractivity contribution >= 4 is 0 Å². The third-order valence-electron chi connectivity index (χ3n) is 0. The Kier molecular flexibility index (Phi) is 330. The molecule has 0 aliphatic heterocycles. The number of hydrogen-bond donors (Lipinski definition) is 0. The van der Waals surface area contributed by atoms with Gasteiger partial charge in [0.25, 0.3) is 0 Å². The molecule has 0 amide bonds. The maximum atomic E-state index is 0. The Labute approximate surface area is 334 Å². The van der Waals surface area contributed by atoms with Gasteiger partial charge in [-0.3, -0.25) is 0 Å². The zero-order valence-corrected chi connectivity index (χ0v) is 22.2. The minimum Gasteiger partial charge on any atom is 0 e. The van der Waals surface area contributed by atoms with Gasteiger partial charge in [-0.15, -0.1) is 0 Å². The van der Waals surface area contributed by atoms with E-state index in [1.165, 1.54) is 0 Å². The first-order chi connectivity index (χ1) is 0. The molecule has 0 spiro atoms. The van der Waals surface area contributed by atoms with Gasteiger partial charge in [-0.25, -0.2) is 0 Å². The maximum absolute atomic E-state index is 0. The van der Waals surface area contributed by atoms with Crippen LogP contribution in [0.15, 0.2) is 0 Å². The fraction of sp³-hybridized carbons (Fsp3) is 0. The molecule has 0 atom stereocenters. The summed E-state index contributed by atoms with van der Waals surface area (Å²) in [5, 5.41) is 0. The largest absolute Gasteiger partial charge is 0 e. The Morgan fingerprint density at radius 1 is 0.111 bits per heavy atom. The third-order valence-corrected chi connectivity index (χ3v) is 0. The zero-order chi connectivity index (χ0) is 0. The van der Waals surface area contributed by atoms with Crippen LogP contribution in [0, 0.1) is 348 Å². The molecular formula is Tb9. The second-order valence-corrected chi connectivity index (χ2v) is 0. The Bertz CT molecular complexity index is 0. The monoisotopic (exact) mass is 1430 g/mol. The molecule has 0 nitrogen and oxygen atoms in total. The van der Waals surface area contributed by atoms with E-state index in [0.29, 0.717) is 0 Å². The van der Waals surface area contributed by atoms with Crippen LogP contribution in [0.4, 0.5) is 0 Å². The van der Waals surface area contributed by atoms with Crippen LogP contribution in [0.2, 0.25) is 0 Å². The molecule has 0 saturated heterocycles. The summed E-state index contributed by atoms with van der Waals surface area (Å²) in [6.45, 7) is 0. The Morgan fingerprint density at radius 3 is 0.111 bits per heavy atom. The van der Waals surface area contributed by atoms with E-state index >= 15 is 0 Å². The Hall–Kier alpha value is 11.6. The van der Waals surface area contributed by atoms with Gasteiger partial charge < -0.3 is 0 Å². The summed E-state index contributed by atoms with van der Waals surface area (Å²) in [4.78, 5) is 0. The third kappa shape index (κ3) is 45.1. The van der Waals surface area contributed by atoms with Crippen molar-refractivity contribution in [3.8, 4) is 0 Å². The van der Waals surface area contributed by atoms with E-state index in [1.54, 1.807) is 0 Å². The summed E-state index contributed by atoms with van der Waals surface area (Å²) in [6.07, 6.45) is 0. The van der Waals surface area contributed by atoms with Gasteiger partial charge in [-0.1, -0.05) is 0 Å². The van der Waals surface area contributed by atoms with Gasteiger partial charge in [0.2, 0.25) is 0 Å². The molecule has 9 radical (unpaired) electrons. The molecule has 0 aromatic carbocycles. The van der Waals surface area contributed by atoms with Crippen LogP contribution < -0.4 is 0 Å². The average molecular weight is 1430 g/mol. The molecule has 0 rings (SSSR count). The molecule has 0 N–H and O–H groups in total. The van der Waals surface area contributed by atoms with Crippen LogP contribution in [0.1, 0.15) is 0 Å². The van der Waals surface area contributed by atoms with Gasteiger partial charge >= 0.3 is 0 Å². The minimum absolute atomic E-state index is 0. The zero-order valence-electron chi connectivity index (χ0n) is 3.00. The van der Waals surface area contributed by atoms with Crippen molar-refractivity contribution in [1.82, 2.24) is 0 Å². The van der Waals surface area contributed by atoms with E-state index in [-0.39, 0.29) is 348 Å². The van der Waals surface area contributed by atoms with Crippen molar-refractivity contribution in [3.05, 3.63) is 0 Å². The van der Waals surface area contributed by atoms with E-state index in [4.69, 9.17) is 0 Å². The van der Waals surface area contributed by atoms with E-state index in [1.807, 2.05) is 0 Å². The second kappa shape index (κ2) is 50.4. The number of rotatable bonds is 0. The fourth-order valence-electron chi connectivity index (χ4n) is 0. The predicted molar refractivity (Wildman–Crippen MR) is 0 cm³/mol. The molecule has 9 heavy (non-hydrogen) atoms. The fourth-order valence-corrected chi connectivity index (χ4v) is 0. The van der Waals surface area contributed by atoms with Crippen molar-refractivity contribution in [2.24, 2.45) is 0 Å².